The second-order valence-corrected chi connectivity index (χ2v) is 4.02. The van der Waals surface area contributed by atoms with Crippen LogP contribution in [0.4, 0.5) is 11.5 Å². The third-order valence-corrected chi connectivity index (χ3v) is 2.64. The number of nitrogens with one attached hydrogen (secondary N) is 2. The van der Waals surface area contributed by atoms with E-state index in [9.17, 15) is 0 Å². The molecule has 0 amide bonds. The first-order chi connectivity index (χ1) is 8.85. The quantitative estimate of drug-likeness (QED) is 0.644. The summed E-state index contributed by atoms with van der Waals surface area (Å²) in [5, 5.41) is 7.64. The summed E-state index contributed by atoms with van der Waals surface area (Å²) >= 11 is 0. The zero-order chi connectivity index (χ0) is 12.4. The minimum atomic E-state index is 0.596. The molecule has 0 aliphatic heterocycles. The molecule has 0 aliphatic carbocycles. The zero-order valence-electron chi connectivity index (χ0n) is 9.80. The molecule has 4 N–H and O–H groups in total. The van der Waals surface area contributed by atoms with Crippen molar-refractivity contribution in [3.8, 4) is 0 Å². The highest BCUT2D eigenvalue weighted by molar-refractivity contribution is 5.56. The van der Waals surface area contributed by atoms with Crippen molar-refractivity contribution in [2.75, 3.05) is 11.9 Å². The predicted octanol–water partition coefficient (Wildman–Crippen LogP) is 1.30. The Morgan fingerprint density at radius 2 is 2.28 bits per heavy atom. The van der Waals surface area contributed by atoms with Crippen LogP contribution in [0.25, 0.3) is 5.65 Å². The first kappa shape index (κ1) is 10.8. The highest BCUT2D eigenvalue weighted by Crippen LogP contribution is 2.14. The number of anilines is 2. The van der Waals surface area contributed by atoms with Crippen LogP contribution in [0.15, 0.2) is 36.8 Å². The van der Waals surface area contributed by atoms with Crippen molar-refractivity contribution in [2.45, 2.75) is 6.42 Å². The van der Waals surface area contributed by atoms with Gasteiger partial charge in [-0.2, -0.15) is 0 Å². The number of nitrogens with zero attached hydrogens (tertiary/aromatic N) is 3. The summed E-state index contributed by atoms with van der Waals surface area (Å²) in [5.74, 6) is 0.777. The molecule has 3 aromatic rings. The van der Waals surface area contributed by atoms with Gasteiger partial charge in [-0.05, 0) is 24.7 Å². The molecule has 0 saturated heterocycles. The number of H-pyrrole nitrogens is 1. The van der Waals surface area contributed by atoms with Crippen LogP contribution in [0.1, 0.15) is 5.69 Å². The van der Waals surface area contributed by atoms with E-state index in [0.717, 1.165) is 29.3 Å². The summed E-state index contributed by atoms with van der Waals surface area (Å²) in [5.41, 5.74) is 8.29. The van der Waals surface area contributed by atoms with Gasteiger partial charge in [0.2, 0.25) is 0 Å². The monoisotopic (exact) mass is 242 g/mol. The number of hydrogen-bond acceptors (Lipinski definition) is 4. The van der Waals surface area contributed by atoms with Crippen LogP contribution < -0.4 is 11.1 Å². The molecule has 0 radical (unpaired) electrons. The Balaban J connectivity index is 1.90. The van der Waals surface area contributed by atoms with Crippen LogP contribution in [-0.4, -0.2) is 26.1 Å². The molecule has 0 saturated carbocycles. The minimum absolute atomic E-state index is 0.596. The van der Waals surface area contributed by atoms with Crippen molar-refractivity contribution in [1.82, 2.24) is 19.6 Å². The SMILES string of the molecule is NCCc1cn2nc(Nc3cc[nH]c3)ccc2n1. The molecule has 6 nitrogen and oxygen atoms in total. The summed E-state index contributed by atoms with van der Waals surface area (Å²) in [6.07, 6.45) is 6.41. The van der Waals surface area contributed by atoms with Gasteiger partial charge >= 0.3 is 0 Å². The smallest absolute Gasteiger partial charge is 0.153 e. The fraction of sp³-hybridized carbons (Fsp3) is 0.167. The number of nitrogens with two attached hydrogens (primary N) is 1. The standard InChI is InChI=1S/C12H14N6/c13-5-3-10-8-18-12(16-10)2-1-11(17-18)15-9-4-6-14-7-9/h1-2,4,6-8,14H,3,5,13H2,(H,15,17). The second-order valence-electron chi connectivity index (χ2n) is 4.02. The van der Waals surface area contributed by atoms with E-state index in [1.165, 1.54) is 0 Å². The highest BCUT2D eigenvalue weighted by Gasteiger charge is 2.03. The van der Waals surface area contributed by atoms with Crippen molar-refractivity contribution >= 4 is 17.2 Å². The molecule has 6 heteroatoms. The maximum absolute atomic E-state index is 5.52. The van der Waals surface area contributed by atoms with E-state index in [1.807, 2.05) is 36.8 Å². The van der Waals surface area contributed by atoms with E-state index in [4.69, 9.17) is 5.73 Å². The fourth-order valence-corrected chi connectivity index (χ4v) is 1.82. The largest absolute Gasteiger partial charge is 0.366 e. The van der Waals surface area contributed by atoms with Gasteiger partial charge in [-0.15, -0.1) is 5.10 Å². The van der Waals surface area contributed by atoms with Crippen molar-refractivity contribution in [3.05, 3.63) is 42.5 Å². The lowest BCUT2D eigenvalue weighted by molar-refractivity contribution is 0.917. The zero-order valence-corrected chi connectivity index (χ0v) is 9.80. The van der Waals surface area contributed by atoms with E-state index < -0.39 is 0 Å². The van der Waals surface area contributed by atoms with Gasteiger partial charge in [-0.1, -0.05) is 0 Å². The summed E-state index contributed by atoms with van der Waals surface area (Å²) < 4.78 is 1.76. The van der Waals surface area contributed by atoms with Crippen molar-refractivity contribution < 1.29 is 0 Å². The third kappa shape index (κ3) is 2.05. The Hall–Kier alpha value is -2.34. The van der Waals surface area contributed by atoms with Gasteiger partial charge in [0.1, 0.15) is 0 Å². The van der Waals surface area contributed by atoms with E-state index in [1.54, 1.807) is 4.52 Å². The maximum atomic E-state index is 5.52. The Kier molecular flexibility index (Phi) is 2.70. The minimum Gasteiger partial charge on any atom is -0.366 e. The molecule has 0 unspecified atom stereocenters. The molecule has 0 bridgehead atoms. The number of aromatic nitrogens is 4. The average molecular weight is 242 g/mol. The number of imidazole rings is 1. The van der Waals surface area contributed by atoms with Gasteiger partial charge in [0.15, 0.2) is 11.5 Å². The molecule has 0 fully saturated rings. The van der Waals surface area contributed by atoms with Crippen molar-refractivity contribution in [3.63, 3.8) is 0 Å². The van der Waals surface area contributed by atoms with Gasteiger partial charge in [0.05, 0.1) is 17.6 Å². The summed E-state index contributed by atoms with van der Waals surface area (Å²) in [6, 6.07) is 5.78. The number of rotatable bonds is 4. The number of fused-ring (bicyclic) bond motifs is 1. The topological polar surface area (TPSA) is 84.0 Å². The maximum Gasteiger partial charge on any atom is 0.153 e. The van der Waals surface area contributed by atoms with Crippen LogP contribution in [0.5, 0.6) is 0 Å². The van der Waals surface area contributed by atoms with Crippen molar-refractivity contribution in [2.24, 2.45) is 5.73 Å². The number of aromatic amines is 1. The third-order valence-electron chi connectivity index (χ3n) is 2.64. The first-order valence-electron chi connectivity index (χ1n) is 5.80. The second kappa shape index (κ2) is 4.50. The molecule has 0 spiro atoms. The predicted molar refractivity (Wildman–Crippen MR) is 69.8 cm³/mol. The van der Waals surface area contributed by atoms with Crippen LogP contribution in [0, 0.1) is 0 Å². The fourth-order valence-electron chi connectivity index (χ4n) is 1.82. The van der Waals surface area contributed by atoms with Crippen LogP contribution in [-0.2, 0) is 6.42 Å². The molecular weight excluding hydrogens is 228 g/mol. The molecule has 92 valence electrons. The first-order valence-corrected chi connectivity index (χ1v) is 5.80. The van der Waals surface area contributed by atoms with E-state index in [2.05, 4.69) is 20.4 Å². The van der Waals surface area contributed by atoms with Gasteiger partial charge in [0.25, 0.3) is 0 Å². The van der Waals surface area contributed by atoms with E-state index in [-0.39, 0.29) is 0 Å². The van der Waals surface area contributed by atoms with Crippen LogP contribution in [0.2, 0.25) is 0 Å². The van der Waals surface area contributed by atoms with Crippen LogP contribution >= 0.6 is 0 Å². The molecule has 0 aliphatic rings. The Morgan fingerprint density at radius 3 is 3.06 bits per heavy atom. The van der Waals surface area contributed by atoms with Gasteiger partial charge in [-0.25, -0.2) is 9.50 Å². The van der Waals surface area contributed by atoms with Crippen molar-refractivity contribution in [1.29, 1.82) is 0 Å². The molecule has 3 rings (SSSR count). The highest BCUT2D eigenvalue weighted by atomic mass is 15.3. The summed E-state index contributed by atoms with van der Waals surface area (Å²) in [7, 11) is 0. The van der Waals surface area contributed by atoms with Gasteiger partial charge in [-0.3, -0.25) is 0 Å². The van der Waals surface area contributed by atoms with E-state index >= 15 is 0 Å². The molecule has 0 aromatic carbocycles. The number of hydrogen-bond donors (Lipinski definition) is 3. The molecule has 3 heterocycles. The Labute approximate surface area is 104 Å². The Bertz CT molecular complexity index is 640. The van der Waals surface area contributed by atoms with E-state index in [0.29, 0.717) is 6.54 Å². The molecule has 0 atom stereocenters. The molecule has 3 aromatic heterocycles. The summed E-state index contributed by atoms with van der Waals surface area (Å²) in [6.45, 7) is 0.596. The average Bonchev–Trinajstić information content (AvgIpc) is 2.98. The van der Waals surface area contributed by atoms with Crippen LogP contribution in [0.3, 0.4) is 0 Å². The Morgan fingerprint density at radius 1 is 1.33 bits per heavy atom. The lowest BCUT2D eigenvalue weighted by atomic mass is 10.3. The normalized spacial score (nSPS) is 10.9. The molecule has 18 heavy (non-hydrogen) atoms. The molecular formula is C12H14N6. The summed E-state index contributed by atoms with van der Waals surface area (Å²) in [4.78, 5) is 7.41. The lowest BCUT2D eigenvalue weighted by Crippen LogP contribution is -2.02. The van der Waals surface area contributed by atoms with Gasteiger partial charge in [0, 0.05) is 18.8 Å². The lowest BCUT2D eigenvalue weighted by Gasteiger charge is -2.02. The van der Waals surface area contributed by atoms with Gasteiger partial charge < -0.3 is 16.0 Å².